The Hall–Kier alpha value is -1.40. The average molecular weight is 269 g/mol. The van der Waals surface area contributed by atoms with Crippen molar-refractivity contribution in [1.82, 2.24) is 15.1 Å². The van der Waals surface area contributed by atoms with Crippen LogP contribution >= 0.6 is 0 Å². The Bertz CT molecular complexity index is 390. The first-order valence-corrected chi connectivity index (χ1v) is 6.70. The molecule has 1 aromatic rings. The van der Waals surface area contributed by atoms with Crippen LogP contribution in [0.3, 0.4) is 0 Å². The lowest BCUT2D eigenvalue weighted by atomic mass is 10.2. The predicted molar refractivity (Wildman–Crippen MR) is 71.8 cm³/mol. The zero-order valence-electron chi connectivity index (χ0n) is 11.7. The number of aliphatic hydroxyl groups excluding tert-OH is 1. The van der Waals surface area contributed by atoms with Crippen molar-refractivity contribution in [2.45, 2.75) is 32.7 Å². The van der Waals surface area contributed by atoms with Crippen LogP contribution in [-0.2, 0) is 18.3 Å². The second-order valence-corrected chi connectivity index (χ2v) is 4.31. The lowest BCUT2D eigenvalue weighted by molar-refractivity contribution is 0.0524. The van der Waals surface area contributed by atoms with Crippen molar-refractivity contribution in [3.8, 4) is 0 Å². The van der Waals surface area contributed by atoms with E-state index in [0.29, 0.717) is 18.7 Å². The molecule has 0 atom stereocenters. The number of nitrogens with one attached hydrogen (secondary N) is 1. The van der Waals surface area contributed by atoms with E-state index >= 15 is 0 Å². The van der Waals surface area contributed by atoms with Gasteiger partial charge in [0, 0.05) is 20.2 Å². The van der Waals surface area contributed by atoms with Gasteiger partial charge in [-0.1, -0.05) is 0 Å². The summed E-state index contributed by atoms with van der Waals surface area (Å²) < 4.78 is 6.68. The number of aromatic nitrogens is 2. The predicted octanol–water partition coefficient (Wildman–Crippen LogP) is 0.849. The van der Waals surface area contributed by atoms with Gasteiger partial charge in [0.1, 0.15) is 5.56 Å². The molecule has 108 valence electrons. The van der Waals surface area contributed by atoms with Crippen molar-refractivity contribution in [3.05, 3.63) is 17.5 Å². The molecule has 6 nitrogen and oxygen atoms in total. The number of hydrogen-bond donors (Lipinski definition) is 2. The van der Waals surface area contributed by atoms with Crippen LogP contribution in [0.5, 0.6) is 0 Å². The minimum Gasteiger partial charge on any atom is -0.462 e. The molecule has 0 amide bonds. The van der Waals surface area contributed by atoms with Crippen LogP contribution in [0.25, 0.3) is 0 Å². The van der Waals surface area contributed by atoms with Gasteiger partial charge in [-0.2, -0.15) is 5.10 Å². The van der Waals surface area contributed by atoms with E-state index < -0.39 is 0 Å². The van der Waals surface area contributed by atoms with Gasteiger partial charge < -0.3 is 15.2 Å². The van der Waals surface area contributed by atoms with Crippen LogP contribution in [0.2, 0.25) is 0 Å². The highest BCUT2D eigenvalue weighted by molar-refractivity contribution is 5.90. The minimum absolute atomic E-state index is 0.245. The number of ether oxygens (including phenoxy) is 1. The molecule has 1 rings (SSSR count). The zero-order chi connectivity index (χ0) is 14.1. The maximum absolute atomic E-state index is 11.7. The number of aliphatic hydroxyl groups is 1. The fourth-order valence-electron chi connectivity index (χ4n) is 1.80. The first kappa shape index (κ1) is 15.7. The van der Waals surface area contributed by atoms with Gasteiger partial charge in [0.15, 0.2) is 0 Å². The normalized spacial score (nSPS) is 10.7. The molecule has 0 unspecified atom stereocenters. The number of carbonyl (C=O) groups excluding carboxylic acids is 1. The number of carbonyl (C=O) groups is 1. The first-order chi connectivity index (χ1) is 9.20. The number of hydrogen-bond acceptors (Lipinski definition) is 5. The smallest absolute Gasteiger partial charge is 0.341 e. The first-order valence-electron chi connectivity index (χ1n) is 6.70. The van der Waals surface area contributed by atoms with Gasteiger partial charge in [0.2, 0.25) is 0 Å². The quantitative estimate of drug-likeness (QED) is 0.513. The van der Waals surface area contributed by atoms with Gasteiger partial charge in [-0.25, -0.2) is 4.79 Å². The number of unbranched alkanes of at least 4 members (excludes halogenated alkanes) is 2. The topological polar surface area (TPSA) is 76.4 Å². The van der Waals surface area contributed by atoms with Crippen LogP contribution in [0.15, 0.2) is 6.20 Å². The van der Waals surface area contributed by atoms with Crippen molar-refractivity contribution in [2.75, 3.05) is 19.8 Å². The molecule has 0 fully saturated rings. The molecule has 1 heterocycles. The number of aryl methyl sites for hydroxylation is 1. The molecule has 0 aliphatic heterocycles. The van der Waals surface area contributed by atoms with E-state index in [-0.39, 0.29) is 12.6 Å². The Balaban J connectivity index is 2.44. The summed E-state index contributed by atoms with van der Waals surface area (Å²) in [4.78, 5) is 11.7. The standard InChI is InChI=1S/C13H23N3O3/c1-3-19-13(18)11-9-15-16(2)12(11)10-14-7-5-4-6-8-17/h9,14,17H,3-8,10H2,1-2H3. The fraction of sp³-hybridized carbons (Fsp3) is 0.692. The van der Waals surface area contributed by atoms with E-state index in [1.807, 2.05) is 7.05 Å². The third kappa shape index (κ3) is 5.00. The van der Waals surface area contributed by atoms with Gasteiger partial charge >= 0.3 is 5.97 Å². The van der Waals surface area contributed by atoms with Gasteiger partial charge in [-0.05, 0) is 32.7 Å². The fourth-order valence-corrected chi connectivity index (χ4v) is 1.80. The molecule has 0 bridgehead atoms. The molecular weight excluding hydrogens is 246 g/mol. The van der Waals surface area contributed by atoms with Crippen LogP contribution in [-0.4, -0.2) is 40.6 Å². The van der Waals surface area contributed by atoms with Crippen molar-refractivity contribution in [1.29, 1.82) is 0 Å². The van der Waals surface area contributed by atoms with Gasteiger partial charge in [0.25, 0.3) is 0 Å². The maximum Gasteiger partial charge on any atom is 0.341 e. The molecule has 0 saturated carbocycles. The summed E-state index contributed by atoms with van der Waals surface area (Å²) in [5.74, 6) is -0.326. The second-order valence-electron chi connectivity index (χ2n) is 4.31. The molecule has 0 aliphatic carbocycles. The van der Waals surface area contributed by atoms with E-state index in [1.54, 1.807) is 17.8 Å². The lowest BCUT2D eigenvalue weighted by Crippen LogP contribution is -2.19. The molecule has 1 aromatic heterocycles. The zero-order valence-corrected chi connectivity index (χ0v) is 11.7. The van der Waals surface area contributed by atoms with Crippen molar-refractivity contribution in [2.24, 2.45) is 7.05 Å². The molecule has 19 heavy (non-hydrogen) atoms. The monoisotopic (exact) mass is 269 g/mol. The summed E-state index contributed by atoms with van der Waals surface area (Å²) >= 11 is 0. The van der Waals surface area contributed by atoms with Crippen LogP contribution in [0.1, 0.15) is 42.2 Å². The third-order valence-electron chi connectivity index (χ3n) is 2.86. The highest BCUT2D eigenvalue weighted by atomic mass is 16.5. The molecule has 0 spiro atoms. The van der Waals surface area contributed by atoms with Crippen LogP contribution in [0, 0.1) is 0 Å². The summed E-state index contributed by atoms with van der Waals surface area (Å²) in [7, 11) is 1.81. The van der Waals surface area contributed by atoms with Gasteiger partial charge in [0.05, 0.1) is 18.5 Å². The number of nitrogens with zero attached hydrogens (tertiary/aromatic N) is 2. The van der Waals surface area contributed by atoms with Crippen LogP contribution < -0.4 is 5.32 Å². The van der Waals surface area contributed by atoms with E-state index in [0.717, 1.165) is 31.5 Å². The molecule has 0 aromatic carbocycles. The van der Waals surface area contributed by atoms with E-state index in [4.69, 9.17) is 9.84 Å². The lowest BCUT2D eigenvalue weighted by Gasteiger charge is -2.07. The summed E-state index contributed by atoms with van der Waals surface area (Å²) in [6.07, 6.45) is 4.38. The number of esters is 1. The largest absolute Gasteiger partial charge is 0.462 e. The molecule has 0 saturated heterocycles. The Morgan fingerprint density at radius 3 is 2.95 bits per heavy atom. The minimum atomic E-state index is -0.326. The molecule has 2 N–H and O–H groups in total. The van der Waals surface area contributed by atoms with Crippen molar-refractivity contribution in [3.63, 3.8) is 0 Å². The average Bonchev–Trinajstić information content (AvgIpc) is 2.76. The van der Waals surface area contributed by atoms with Crippen LogP contribution in [0.4, 0.5) is 0 Å². The summed E-state index contributed by atoms with van der Waals surface area (Å²) in [5.41, 5.74) is 1.35. The summed E-state index contributed by atoms with van der Waals surface area (Å²) in [6.45, 7) is 3.83. The molecule has 0 radical (unpaired) electrons. The van der Waals surface area contributed by atoms with E-state index in [2.05, 4.69) is 10.4 Å². The summed E-state index contributed by atoms with van der Waals surface area (Å²) in [6, 6.07) is 0. The maximum atomic E-state index is 11.7. The Kier molecular flexibility index (Phi) is 7.14. The third-order valence-corrected chi connectivity index (χ3v) is 2.86. The van der Waals surface area contributed by atoms with Gasteiger partial charge in [-0.15, -0.1) is 0 Å². The molecule has 6 heteroatoms. The Morgan fingerprint density at radius 1 is 1.47 bits per heavy atom. The highest BCUT2D eigenvalue weighted by Crippen LogP contribution is 2.09. The van der Waals surface area contributed by atoms with Gasteiger partial charge in [-0.3, -0.25) is 4.68 Å². The molecule has 0 aliphatic rings. The van der Waals surface area contributed by atoms with E-state index in [9.17, 15) is 4.79 Å². The Labute approximate surface area is 113 Å². The second kappa shape index (κ2) is 8.66. The SMILES string of the molecule is CCOC(=O)c1cnn(C)c1CNCCCCCO. The Morgan fingerprint density at radius 2 is 2.26 bits per heavy atom. The number of rotatable bonds is 9. The van der Waals surface area contributed by atoms with E-state index in [1.165, 1.54) is 0 Å². The molecular formula is C13H23N3O3. The van der Waals surface area contributed by atoms with Crippen molar-refractivity contribution < 1.29 is 14.6 Å². The summed E-state index contributed by atoms with van der Waals surface area (Å²) in [5, 5.41) is 16.0. The highest BCUT2D eigenvalue weighted by Gasteiger charge is 2.16. The van der Waals surface area contributed by atoms with Crippen molar-refractivity contribution >= 4 is 5.97 Å².